The summed E-state index contributed by atoms with van der Waals surface area (Å²) in [6, 6.07) is 9.31. The summed E-state index contributed by atoms with van der Waals surface area (Å²) in [6.07, 6.45) is 7.96. The molecule has 0 radical (unpaired) electrons. The second-order valence-electron chi connectivity index (χ2n) is 5.77. The molecule has 0 aliphatic rings. The molecular formula is C19H25N3O2. The number of carbonyl (C=O) groups excluding carboxylic acids is 1. The first kappa shape index (κ1) is 17.9. The van der Waals surface area contributed by atoms with E-state index in [1.165, 1.54) is 0 Å². The first-order valence-electron chi connectivity index (χ1n) is 8.37. The smallest absolute Gasteiger partial charge is 0.224 e. The van der Waals surface area contributed by atoms with Crippen LogP contribution in [0.4, 0.5) is 5.69 Å². The average molecular weight is 327 g/mol. The minimum atomic E-state index is 0.0445. The van der Waals surface area contributed by atoms with Crippen molar-refractivity contribution in [3.05, 3.63) is 48.3 Å². The highest BCUT2D eigenvalue weighted by Crippen LogP contribution is 2.26. The van der Waals surface area contributed by atoms with E-state index in [2.05, 4.69) is 10.3 Å². The minimum Gasteiger partial charge on any atom is -0.455 e. The van der Waals surface area contributed by atoms with E-state index in [1.807, 2.05) is 37.3 Å². The maximum atomic E-state index is 12.0. The number of carbonyl (C=O) groups is 1. The first-order chi connectivity index (χ1) is 11.7. The van der Waals surface area contributed by atoms with Gasteiger partial charge in [-0.15, -0.1) is 0 Å². The van der Waals surface area contributed by atoms with Crippen molar-refractivity contribution in [2.24, 2.45) is 5.73 Å². The lowest BCUT2D eigenvalue weighted by atomic mass is 10.1. The van der Waals surface area contributed by atoms with Crippen LogP contribution in [0.3, 0.4) is 0 Å². The number of aryl methyl sites for hydroxylation is 1. The summed E-state index contributed by atoms with van der Waals surface area (Å²) < 4.78 is 5.79. The van der Waals surface area contributed by atoms with E-state index in [-0.39, 0.29) is 5.91 Å². The predicted molar refractivity (Wildman–Crippen MR) is 96.3 cm³/mol. The number of aromatic nitrogens is 1. The number of benzene rings is 1. The van der Waals surface area contributed by atoms with E-state index in [1.54, 1.807) is 12.4 Å². The maximum Gasteiger partial charge on any atom is 0.224 e. The van der Waals surface area contributed by atoms with Crippen molar-refractivity contribution in [3.8, 4) is 11.5 Å². The highest BCUT2D eigenvalue weighted by Gasteiger charge is 2.06. The zero-order chi connectivity index (χ0) is 17.2. The van der Waals surface area contributed by atoms with Crippen molar-refractivity contribution in [3.63, 3.8) is 0 Å². The Hall–Kier alpha value is -2.40. The molecule has 0 saturated heterocycles. The van der Waals surface area contributed by atoms with Crippen molar-refractivity contribution in [2.45, 2.75) is 39.0 Å². The minimum absolute atomic E-state index is 0.0445. The van der Waals surface area contributed by atoms with E-state index in [9.17, 15) is 4.79 Å². The Labute approximate surface area is 143 Å². The van der Waals surface area contributed by atoms with E-state index in [0.29, 0.717) is 12.2 Å². The first-order valence-corrected chi connectivity index (χ1v) is 8.37. The van der Waals surface area contributed by atoms with Crippen LogP contribution in [0, 0.1) is 6.92 Å². The van der Waals surface area contributed by atoms with Gasteiger partial charge in [-0.2, -0.15) is 0 Å². The van der Waals surface area contributed by atoms with Crippen LogP contribution in [0.15, 0.2) is 42.7 Å². The van der Waals surface area contributed by atoms with Crippen LogP contribution in [0.5, 0.6) is 11.5 Å². The van der Waals surface area contributed by atoms with Crippen molar-refractivity contribution in [2.75, 3.05) is 11.9 Å². The Morgan fingerprint density at radius 1 is 1.21 bits per heavy atom. The van der Waals surface area contributed by atoms with E-state index < -0.39 is 0 Å². The van der Waals surface area contributed by atoms with Gasteiger partial charge in [-0.3, -0.25) is 9.78 Å². The molecule has 0 saturated carbocycles. The summed E-state index contributed by atoms with van der Waals surface area (Å²) in [6.45, 7) is 2.67. The van der Waals surface area contributed by atoms with Gasteiger partial charge in [-0.05, 0) is 62.2 Å². The molecule has 1 aromatic carbocycles. The number of ether oxygens (including phenoxy) is 1. The van der Waals surface area contributed by atoms with Gasteiger partial charge in [0.15, 0.2) is 0 Å². The Kier molecular flexibility index (Phi) is 7.23. The van der Waals surface area contributed by atoms with Gasteiger partial charge in [0, 0.05) is 18.3 Å². The number of hydrogen-bond donors (Lipinski definition) is 2. The summed E-state index contributed by atoms with van der Waals surface area (Å²) in [5.41, 5.74) is 7.20. The lowest BCUT2D eigenvalue weighted by Crippen LogP contribution is -2.11. The maximum absolute atomic E-state index is 12.0. The molecule has 0 unspecified atom stereocenters. The molecule has 0 fully saturated rings. The molecule has 0 aliphatic heterocycles. The van der Waals surface area contributed by atoms with Gasteiger partial charge in [-0.1, -0.05) is 12.8 Å². The molecule has 5 heteroatoms. The molecule has 2 aromatic rings. The highest BCUT2D eigenvalue weighted by molar-refractivity contribution is 5.90. The summed E-state index contributed by atoms with van der Waals surface area (Å²) >= 11 is 0. The number of nitrogens with two attached hydrogens (primary N) is 1. The van der Waals surface area contributed by atoms with Crippen LogP contribution < -0.4 is 15.8 Å². The van der Waals surface area contributed by atoms with Crippen LogP contribution in [0.2, 0.25) is 0 Å². The fourth-order valence-corrected chi connectivity index (χ4v) is 2.38. The van der Waals surface area contributed by atoms with Crippen LogP contribution in [-0.4, -0.2) is 17.4 Å². The number of anilines is 1. The topological polar surface area (TPSA) is 77.2 Å². The largest absolute Gasteiger partial charge is 0.455 e. The fourth-order valence-electron chi connectivity index (χ4n) is 2.38. The molecule has 1 heterocycles. The molecule has 128 valence electrons. The lowest BCUT2D eigenvalue weighted by molar-refractivity contribution is -0.116. The predicted octanol–water partition coefficient (Wildman–Crippen LogP) is 4.03. The highest BCUT2D eigenvalue weighted by atomic mass is 16.5. The van der Waals surface area contributed by atoms with Crippen LogP contribution in [0.1, 0.15) is 37.7 Å². The number of nitrogens with zero attached hydrogens (tertiary/aromatic N) is 1. The SMILES string of the molecule is Cc1cc(NC(=O)CCCCCCN)ccc1Oc1cccnc1. The summed E-state index contributed by atoms with van der Waals surface area (Å²) in [4.78, 5) is 16.0. The quantitative estimate of drug-likeness (QED) is 0.682. The third-order valence-electron chi connectivity index (χ3n) is 3.68. The number of unbranched alkanes of at least 4 members (excludes halogenated alkanes) is 3. The number of pyridine rings is 1. The third-order valence-corrected chi connectivity index (χ3v) is 3.68. The monoisotopic (exact) mass is 327 g/mol. The second kappa shape index (κ2) is 9.67. The summed E-state index contributed by atoms with van der Waals surface area (Å²) in [7, 11) is 0. The van der Waals surface area contributed by atoms with Gasteiger partial charge in [0.05, 0.1) is 6.20 Å². The van der Waals surface area contributed by atoms with Crippen LogP contribution in [-0.2, 0) is 4.79 Å². The Morgan fingerprint density at radius 3 is 2.75 bits per heavy atom. The van der Waals surface area contributed by atoms with Crippen molar-refractivity contribution >= 4 is 11.6 Å². The van der Waals surface area contributed by atoms with Gasteiger partial charge < -0.3 is 15.8 Å². The molecule has 3 N–H and O–H groups in total. The molecule has 5 nitrogen and oxygen atoms in total. The molecular weight excluding hydrogens is 302 g/mol. The molecule has 0 atom stereocenters. The standard InChI is InChI=1S/C19H25N3O2/c1-15-13-16(22-19(23)8-4-2-3-5-11-20)9-10-18(15)24-17-7-6-12-21-14-17/h6-7,9-10,12-14H,2-5,8,11,20H2,1H3,(H,22,23). The normalized spacial score (nSPS) is 10.4. The molecule has 0 spiro atoms. The van der Waals surface area contributed by atoms with Crippen LogP contribution >= 0.6 is 0 Å². The Morgan fingerprint density at radius 2 is 2.04 bits per heavy atom. The van der Waals surface area contributed by atoms with Gasteiger partial charge in [0.1, 0.15) is 11.5 Å². The molecule has 0 bridgehead atoms. The lowest BCUT2D eigenvalue weighted by Gasteiger charge is -2.11. The van der Waals surface area contributed by atoms with Crippen LogP contribution in [0.25, 0.3) is 0 Å². The molecule has 1 aromatic heterocycles. The average Bonchev–Trinajstić information content (AvgIpc) is 2.58. The molecule has 2 rings (SSSR count). The van der Waals surface area contributed by atoms with Crippen molar-refractivity contribution in [1.82, 2.24) is 4.98 Å². The number of nitrogens with one attached hydrogen (secondary N) is 1. The van der Waals surface area contributed by atoms with Crippen molar-refractivity contribution in [1.29, 1.82) is 0 Å². The molecule has 0 aliphatic carbocycles. The fraction of sp³-hybridized carbons (Fsp3) is 0.368. The van der Waals surface area contributed by atoms with Gasteiger partial charge in [0.25, 0.3) is 0 Å². The van der Waals surface area contributed by atoms with Crippen molar-refractivity contribution < 1.29 is 9.53 Å². The zero-order valence-corrected chi connectivity index (χ0v) is 14.1. The Balaban J connectivity index is 1.84. The number of rotatable bonds is 9. The summed E-state index contributed by atoms with van der Waals surface area (Å²) in [5, 5.41) is 2.93. The van der Waals surface area contributed by atoms with E-state index >= 15 is 0 Å². The molecule has 24 heavy (non-hydrogen) atoms. The number of hydrogen-bond acceptors (Lipinski definition) is 4. The second-order valence-corrected chi connectivity index (χ2v) is 5.77. The molecule has 1 amide bonds. The Bertz CT molecular complexity index is 644. The number of amides is 1. The van der Waals surface area contributed by atoms with E-state index in [4.69, 9.17) is 10.5 Å². The third kappa shape index (κ3) is 6.01. The zero-order valence-electron chi connectivity index (χ0n) is 14.1. The van der Waals surface area contributed by atoms with Gasteiger partial charge in [0.2, 0.25) is 5.91 Å². The van der Waals surface area contributed by atoms with Gasteiger partial charge in [-0.25, -0.2) is 0 Å². The van der Waals surface area contributed by atoms with Gasteiger partial charge >= 0.3 is 0 Å². The summed E-state index contributed by atoms with van der Waals surface area (Å²) in [5.74, 6) is 1.49. The van der Waals surface area contributed by atoms with E-state index in [0.717, 1.165) is 49.2 Å².